The van der Waals surface area contributed by atoms with Crippen LogP contribution in [0.4, 0.5) is 0 Å². The molecule has 7 heteroatoms. The van der Waals surface area contributed by atoms with Crippen molar-refractivity contribution in [1.29, 1.82) is 0 Å². The van der Waals surface area contributed by atoms with E-state index in [1.807, 2.05) is 12.1 Å². The first-order chi connectivity index (χ1) is 11.0. The molecule has 0 fully saturated rings. The zero-order valence-corrected chi connectivity index (χ0v) is 13.3. The molecule has 0 radical (unpaired) electrons. The van der Waals surface area contributed by atoms with Gasteiger partial charge in [-0.1, -0.05) is 0 Å². The highest BCUT2D eigenvalue weighted by Crippen LogP contribution is 2.25. The van der Waals surface area contributed by atoms with E-state index < -0.39 is 9.05 Å². The van der Waals surface area contributed by atoms with Crippen LogP contribution in [0.15, 0.2) is 71.9 Å². The molecular weight excluding hydrogens is 336 g/mol. The van der Waals surface area contributed by atoms with Crippen molar-refractivity contribution in [3.8, 4) is 22.9 Å². The summed E-state index contributed by atoms with van der Waals surface area (Å²) in [5.41, 5.74) is 0.876. The Hall–Kier alpha value is -2.44. The predicted molar refractivity (Wildman–Crippen MR) is 87.0 cm³/mol. The maximum atomic E-state index is 11.2. The van der Waals surface area contributed by atoms with E-state index in [1.54, 1.807) is 42.7 Å². The third-order valence-electron chi connectivity index (χ3n) is 3.02. The first-order valence-electron chi connectivity index (χ1n) is 6.62. The minimum absolute atomic E-state index is 0.0306. The highest BCUT2D eigenvalue weighted by molar-refractivity contribution is 8.13. The van der Waals surface area contributed by atoms with Crippen molar-refractivity contribution in [2.45, 2.75) is 4.90 Å². The SMILES string of the molecule is O=S(=O)(Cl)c1ccc(Oc2ccc(-c3ncccn3)cc2)cc1. The summed E-state index contributed by atoms with van der Waals surface area (Å²) in [7, 11) is 1.54. The molecule has 0 saturated heterocycles. The van der Waals surface area contributed by atoms with Gasteiger partial charge in [0.2, 0.25) is 0 Å². The van der Waals surface area contributed by atoms with Gasteiger partial charge in [0.25, 0.3) is 9.05 Å². The van der Waals surface area contributed by atoms with Crippen LogP contribution in [0.25, 0.3) is 11.4 Å². The molecule has 5 nitrogen and oxygen atoms in total. The minimum Gasteiger partial charge on any atom is -0.457 e. The predicted octanol–water partition coefficient (Wildman–Crippen LogP) is 3.86. The Morgan fingerprint density at radius 3 is 1.87 bits per heavy atom. The Bertz CT molecular complexity index is 896. The monoisotopic (exact) mass is 346 g/mol. The summed E-state index contributed by atoms with van der Waals surface area (Å²) in [6.45, 7) is 0. The Kier molecular flexibility index (Phi) is 4.27. The van der Waals surface area contributed by atoms with Crippen LogP contribution in [0, 0.1) is 0 Å². The van der Waals surface area contributed by atoms with Gasteiger partial charge in [0, 0.05) is 28.6 Å². The molecule has 2 aromatic carbocycles. The van der Waals surface area contributed by atoms with Crippen molar-refractivity contribution in [3.05, 3.63) is 67.0 Å². The fraction of sp³-hybridized carbons (Fsp3) is 0. The van der Waals surface area contributed by atoms with Crippen molar-refractivity contribution in [1.82, 2.24) is 9.97 Å². The number of hydrogen-bond donors (Lipinski definition) is 0. The number of aromatic nitrogens is 2. The number of rotatable bonds is 4. The lowest BCUT2D eigenvalue weighted by Crippen LogP contribution is -1.91. The average molecular weight is 347 g/mol. The first kappa shape index (κ1) is 15.5. The minimum atomic E-state index is -3.73. The van der Waals surface area contributed by atoms with Gasteiger partial charge in [-0.2, -0.15) is 0 Å². The molecule has 3 rings (SSSR count). The molecule has 3 aromatic rings. The molecule has 0 unspecified atom stereocenters. The Labute approximate surface area is 138 Å². The van der Waals surface area contributed by atoms with Gasteiger partial charge in [0.1, 0.15) is 11.5 Å². The van der Waals surface area contributed by atoms with Gasteiger partial charge in [-0.25, -0.2) is 18.4 Å². The largest absolute Gasteiger partial charge is 0.457 e. The lowest BCUT2D eigenvalue weighted by Gasteiger charge is -2.07. The second-order valence-corrected chi connectivity index (χ2v) is 7.17. The highest BCUT2D eigenvalue weighted by Gasteiger charge is 2.09. The summed E-state index contributed by atoms with van der Waals surface area (Å²) in [5.74, 6) is 1.76. The molecule has 0 aliphatic heterocycles. The fourth-order valence-electron chi connectivity index (χ4n) is 1.93. The molecule has 0 aliphatic rings. The zero-order valence-electron chi connectivity index (χ0n) is 11.8. The second-order valence-electron chi connectivity index (χ2n) is 4.61. The van der Waals surface area contributed by atoms with Crippen molar-refractivity contribution in [2.75, 3.05) is 0 Å². The summed E-state index contributed by atoms with van der Waals surface area (Å²) in [6.07, 6.45) is 3.36. The Morgan fingerprint density at radius 2 is 1.35 bits per heavy atom. The quantitative estimate of drug-likeness (QED) is 0.671. The van der Waals surface area contributed by atoms with Gasteiger partial charge in [0.05, 0.1) is 4.90 Å². The number of hydrogen-bond acceptors (Lipinski definition) is 5. The van der Waals surface area contributed by atoms with Gasteiger partial charge in [0.15, 0.2) is 5.82 Å². The molecule has 1 aromatic heterocycles. The maximum Gasteiger partial charge on any atom is 0.261 e. The van der Waals surface area contributed by atoms with E-state index in [2.05, 4.69) is 9.97 Å². The van der Waals surface area contributed by atoms with Crippen molar-refractivity contribution < 1.29 is 13.2 Å². The standard InChI is InChI=1S/C16H11ClN2O3S/c17-23(20,21)15-8-6-14(7-9-15)22-13-4-2-12(3-5-13)16-18-10-1-11-19-16/h1-11H. The normalized spacial score (nSPS) is 11.2. The van der Waals surface area contributed by atoms with Crippen LogP contribution in [0.1, 0.15) is 0 Å². The van der Waals surface area contributed by atoms with E-state index in [0.29, 0.717) is 17.3 Å². The van der Waals surface area contributed by atoms with Crippen LogP contribution < -0.4 is 4.74 Å². The van der Waals surface area contributed by atoms with Crippen LogP contribution in [0.2, 0.25) is 0 Å². The number of nitrogens with zero attached hydrogens (tertiary/aromatic N) is 2. The van der Waals surface area contributed by atoms with E-state index in [4.69, 9.17) is 15.4 Å². The molecule has 0 saturated carbocycles. The highest BCUT2D eigenvalue weighted by atomic mass is 35.7. The number of benzene rings is 2. The smallest absolute Gasteiger partial charge is 0.261 e. The molecular formula is C16H11ClN2O3S. The van der Waals surface area contributed by atoms with Crippen LogP contribution >= 0.6 is 10.7 Å². The molecule has 0 spiro atoms. The van der Waals surface area contributed by atoms with Gasteiger partial charge < -0.3 is 4.74 Å². The Balaban J connectivity index is 1.76. The lowest BCUT2D eigenvalue weighted by molar-refractivity contribution is 0.482. The van der Waals surface area contributed by atoms with Crippen LogP contribution in [0.5, 0.6) is 11.5 Å². The molecule has 0 N–H and O–H groups in total. The third-order valence-corrected chi connectivity index (χ3v) is 4.39. The molecule has 0 aliphatic carbocycles. The first-order valence-corrected chi connectivity index (χ1v) is 8.93. The van der Waals surface area contributed by atoms with Gasteiger partial charge >= 0.3 is 0 Å². The van der Waals surface area contributed by atoms with Crippen molar-refractivity contribution in [2.24, 2.45) is 0 Å². The molecule has 116 valence electrons. The average Bonchev–Trinajstić information content (AvgIpc) is 2.56. The summed E-state index contributed by atoms with van der Waals surface area (Å²) in [4.78, 5) is 8.38. The topological polar surface area (TPSA) is 69.2 Å². The molecule has 23 heavy (non-hydrogen) atoms. The van der Waals surface area contributed by atoms with Gasteiger partial charge in [-0.15, -0.1) is 0 Å². The molecule has 1 heterocycles. The number of ether oxygens (including phenoxy) is 1. The maximum absolute atomic E-state index is 11.2. The molecule has 0 bridgehead atoms. The van der Waals surface area contributed by atoms with E-state index in [-0.39, 0.29) is 4.90 Å². The van der Waals surface area contributed by atoms with E-state index in [0.717, 1.165) is 5.56 Å². The number of halogens is 1. The second kappa shape index (κ2) is 6.36. The van der Waals surface area contributed by atoms with Crippen LogP contribution in [0.3, 0.4) is 0 Å². The van der Waals surface area contributed by atoms with Gasteiger partial charge in [-0.05, 0) is 54.6 Å². The lowest BCUT2D eigenvalue weighted by atomic mass is 10.2. The summed E-state index contributed by atoms with van der Waals surface area (Å²) in [6, 6.07) is 14.9. The van der Waals surface area contributed by atoms with E-state index in [1.165, 1.54) is 12.1 Å². The Morgan fingerprint density at radius 1 is 0.826 bits per heavy atom. The summed E-state index contributed by atoms with van der Waals surface area (Å²) < 4.78 is 28.0. The van der Waals surface area contributed by atoms with Crippen molar-refractivity contribution in [3.63, 3.8) is 0 Å². The van der Waals surface area contributed by atoms with E-state index in [9.17, 15) is 8.42 Å². The van der Waals surface area contributed by atoms with Crippen molar-refractivity contribution >= 4 is 19.7 Å². The van der Waals surface area contributed by atoms with E-state index >= 15 is 0 Å². The van der Waals surface area contributed by atoms with Crippen LogP contribution in [-0.2, 0) is 9.05 Å². The van der Waals surface area contributed by atoms with Crippen LogP contribution in [-0.4, -0.2) is 18.4 Å². The summed E-state index contributed by atoms with van der Waals surface area (Å²) >= 11 is 0. The zero-order chi connectivity index (χ0) is 16.3. The summed E-state index contributed by atoms with van der Waals surface area (Å²) in [5, 5.41) is 0. The molecule has 0 amide bonds. The third kappa shape index (κ3) is 3.85. The fourth-order valence-corrected chi connectivity index (χ4v) is 2.70. The van der Waals surface area contributed by atoms with Gasteiger partial charge in [-0.3, -0.25) is 0 Å². The molecule has 0 atom stereocenters.